The van der Waals surface area contributed by atoms with Gasteiger partial charge in [0.05, 0.1) is 6.07 Å². The molecule has 0 aliphatic rings. The zero-order valence-electron chi connectivity index (χ0n) is 9.20. The summed E-state index contributed by atoms with van der Waals surface area (Å²) in [5.41, 5.74) is 0.832. The summed E-state index contributed by atoms with van der Waals surface area (Å²) in [6, 6.07) is 4.43. The summed E-state index contributed by atoms with van der Waals surface area (Å²) in [7, 11) is 0. The van der Waals surface area contributed by atoms with E-state index in [1.54, 1.807) is 31.5 Å². The summed E-state index contributed by atoms with van der Waals surface area (Å²) >= 11 is 0. The Morgan fingerprint density at radius 1 is 1.41 bits per heavy atom. The van der Waals surface area contributed by atoms with Crippen LogP contribution in [0.3, 0.4) is 0 Å². The molecule has 1 N–H and O–H groups in total. The first kappa shape index (κ1) is 13.5. The lowest BCUT2D eigenvalue weighted by Crippen LogP contribution is -2.33. The second-order valence-electron chi connectivity index (χ2n) is 3.63. The number of nitrogens with zero attached hydrogens (tertiary/aromatic N) is 2. The SMILES string of the molecule is C[C@@H](NCC(C#N)C(F)(F)F)c1ccncc1. The summed E-state index contributed by atoms with van der Waals surface area (Å²) < 4.78 is 36.9. The average Bonchev–Trinajstić information content (AvgIpc) is 2.29. The van der Waals surface area contributed by atoms with Crippen LogP contribution in [-0.4, -0.2) is 17.7 Å². The van der Waals surface area contributed by atoms with Gasteiger partial charge in [0.2, 0.25) is 0 Å². The number of rotatable bonds is 4. The first-order chi connectivity index (χ1) is 7.95. The van der Waals surface area contributed by atoms with Crippen molar-refractivity contribution in [2.45, 2.75) is 19.1 Å². The molecule has 1 aromatic rings. The van der Waals surface area contributed by atoms with Gasteiger partial charge >= 0.3 is 6.18 Å². The summed E-state index contributed by atoms with van der Waals surface area (Å²) in [5.74, 6) is -1.98. The van der Waals surface area contributed by atoms with Crippen LogP contribution in [0.1, 0.15) is 18.5 Å². The molecular formula is C11H12F3N3. The van der Waals surface area contributed by atoms with E-state index < -0.39 is 18.6 Å². The van der Waals surface area contributed by atoms with E-state index in [0.717, 1.165) is 5.56 Å². The molecule has 2 atom stereocenters. The fraction of sp³-hybridized carbons (Fsp3) is 0.455. The number of nitriles is 1. The normalized spacial score (nSPS) is 15.0. The first-order valence-electron chi connectivity index (χ1n) is 5.04. The van der Waals surface area contributed by atoms with E-state index in [0.29, 0.717) is 0 Å². The molecule has 1 heterocycles. The van der Waals surface area contributed by atoms with Crippen molar-refractivity contribution in [3.8, 4) is 6.07 Å². The first-order valence-corrected chi connectivity index (χ1v) is 5.04. The van der Waals surface area contributed by atoms with Crippen molar-refractivity contribution in [1.82, 2.24) is 10.3 Å². The number of alkyl halides is 3. The minimum atomic E-state index is -4.49. The van der Waals surface area contributed by atoms with Crippen LogP contribution < -0.4 is 5.32 Å². The van der Waals surface area contributed by atoms with Gasteiger partial charge < -0.3 is 5.32 Å². The molecule has 0 saturated heterocycles. The molecule has 0 spiro atoms. The second kappa shape index (κ2) is 5.64. The van der Waals surface area contributed by atoms with Crippen molar-refractivity contribution in [2.24, 2.45) is 5.92 Å². The molecule has 3 nitrogen and oxygen atoms in total. The highest BCUT2D eigenvalue weighted by molar-refractivity contribution is 5.14. The van der Waals surface area contributed by atoms with Gasteiger partial charge in [-0.05, 0) is 24.6 Å². The highest BCUT2D eigenvalue weighted by Gasteiger charge is 2.39. The Morgan fingerprint density at radius 3 is 2.47 bits per heavy atom. The van der Waals surface area contributed by atoms with Crippen LogP contribution in [0.5, 0.6) is 0 Å². The number of pyridine rings is 1. The lowest BCUT2D eigenvalue weighted by atomic mass is 10.1. The molecule has 6 heteroatoms. The zero-order chi connectivity index (χ0) is 12.9. The molecule has 1 unspecified atom stereocenters. The van der Waals surface area contributed by atoms with E-state index in [2.05, 4.69) is 10.3 Å². The third-order valence-electron chi connectivity index (χ3n) is 2.39. The molecule has 0 fully saturated rings. The largest absolute Gasteiger partial charge is 0.405 e. The van der Waals surface area contributed by atoms with Crippen molar-refractivity contribution >= 4 is 0 Å². The Labute approximate surface area is 97.3 Å². The lowest BCUT2D eigenvalue weighted by molar-refractivity contribution is -0.157. The van der Waals surface area contributed by atoms with Gasteiger partial charge in [-0.2, -0.15) is 18.4 Å². The molecule has 92 valence electrons. The van der Waals surface area contributed by atoms with Crippen molar-refractivity contribution in [1.29, 1.82) is 5.26 Å². The van der Waals surface area contributed by atoms with E-state index in [4.69, 9.17) is 5.26 Å². The fourth-order valence-electron chi connectivity index (χ4n) is 1.30. The molecule has 0 radical (unpaired) electrons. The maximum atomic E-state index is 12.3. The van der Waals surface area contributed by atoms with Gasteiger partial charge in [-0.25, -0.2) is 0 Å². The standard InChI is InChI=1S/C11H12F3N3/c1-8(9-2-4-16-5-3-9)17-7-10(6-15)11(12,13)14/h2-5,8,10,17H,7H2,1H3/t8-,10?/m1/s1. The maximum Gasteiger partial charge on any atom is 0.405 e. The van der Waals surface area contributed by atoms with Crippen LogP contribution in [0.4, 0.5) is 13.2 Å². The van der Waals surface area contributed by atoms with E-state index in [9.17, 15) is 13.2 Å². The van der Waals surface area contributed by atoms with Gasteiger partial charge in [-0.15, -0.1) is 0 Å². The Hall–Kier alpha value is -1.61. The molecule has 0 aliphatic heterocycles. The maximum absolute atomic E-state index is 12.3. The molecule has 0 amide bonds. The summed E-state index contributed by atoms with van der Waals surface area (Å²) in [5, 5.41) is 11.1. The van der Waals surface area contributed by atoms with Crippen molar-refractivity contribution in [3.05, 3.63) is 30.1 Å². The molecule has 1 aromatic heterocycles. The van der Waals surface area contributed by atoms with Gasteiger partial charge in [0.15, 0.2) is 5.92 Å². The lowest BCUT2D eigenvalue weighted by Gasteiger charge is -2.18. The van der Waals surface area contributed by atoms with Crippen LogP contribution in [0.15, 0.2) is 24.5 Å². The van der Waals surface area contributed by atoms with Gasteiger partial charge in [0.1, 0.15) is 0 Å². The summed E-state index contributed by atoms with van der Waals surface area (Å²) in [6.45, 7) is 1.32. The minimum Gasteiger partial charge on any atom is -0.309 e. The quantitative estimate of drug-likeness (QED) is 0.883. The van der Waals surface area contributed by atoms with Crippen molar-refractivity contribution < 1.29 is 13.2 Å². The summed E-state index contributed by atoms with van der Waals surface area (Å²) in [4.78, 5) is 3.82. The number of halogens is 3. The van der Waals surface area contributed by atoms with E-state index in [1.807, 2.05) is 0 Å². The van der Waals surface area contributed by atoms with Crippen LogP contribution >= 0.6 is 0 Å². The Balaban J connectivity index is 2.54. The molecular weight excluding hydrogens is 231 g/mol. The fourth-order valence-corrected chi connectivity index (χ4v) is 1.30. The van der Waals surface area contributed by atoms with E-state index >= 15 is 0 Å². The molecule has 0 aliphatic carbocycles. The predicted octanol–water partition coefficient (Wildman–Crippen LogP) is 2.43. The van der Waals surface area contributed by atoms with Crippen LogP contribution in [0, 0.1) is 17.2 Å². The molecule has 0 saturated carbocycles. The smallest absolute Gasteiger partial charge is 0.309 e. The Kier molecular flexibility index (Phi) is 4.46. The van der Waals surface area contributed by atoms with E-state index in [1.165, 1.54) is 6.07 Å². The second-order valence-corrected chi connectivity index (χ2v) is 3.63. The van der Waals surface area contributed by atoms with Crippen LogP contribution in [0.25, 0.3) is 0 Å². The number of nitrogens with one attached hydrogen (secondary N) is 1. The van der Waals surface area contributed by atoms with Gasteiger partial charge in [0, 0.05) is 25.0 Å². The van der Waals surface area contributed by atoms with Gasteiger partial charge in [-0.1, -0.05) is 0 Å². The summed E-state index contributed by atoms with van der Waals surface area (Å²) in [6.07, 6.45) is -1.35. The number of hydrogen-bond donors (Lipinski definition) is 1. The molecule has 0 bridgehead atoms. The topological polar surface area (TPSA) is 48.7 Å². The third-order valence-corrected chi connectivity index (χ3v) is 2.39. The van der Waals surface area contributed by atoms with Crippen LogP contribution in [0.2, 0.25) is 0 Å². The zero-order valence-corrected chi connectivity index (χ0v) is 9.20. The number of aromatic nitrogens is 1. The van der Waals surface area contributed by atoms with Gasteiger partial charge in [-0.3, -0.25) is 4.98 Å². The molecule has 1 rings (SSSR count). The Bertz CT molecular complexity index is 383. The van der Waals surface area contributed by atoms with Gasteiger partial charge in [0.25, 0.3) is 0 Å². The number of hydrogen-bond acceptors (Lipinski definition) is 3. The highest BCUT2D eigenvalue weighted by atomic mass is 19.4. The monoisotopic (exact) mass is 243 g/mol. The Morgan fingerprint density at radius 2 is 2.00 bits per heavy atom. The molecule has 0 aromatic carbocycles. The third kappa shape index (κ3) is 4.04. The molecule has 17 heavy (non-hydrogen) atoms. The highest BCUT2D eigenvalue weighted by Crippen LogP contribution is 2.25. The predicted molar refractivity (Wildman–Crippen MR) is 55.8 cm³/mol. The average molecular weight is 243 g/mol. The van der Waals surface area contributed by atoms with Crippen LogP contribution in [-0.2, 0) is 0 Å². The van der Waals surface area contributed by atoms with Crippen molar-refractivity contribution in [3.63, 3.8) is 0 Å². The minimum absolute atomic E-state index is 0.254. The van der Waals surface area contributed by atoms with Crippen molar-refractivity contribution in [2.75, 3.05) is 6.54 Å². The van der Waals surface area contributed by atoms with E-state index in [-0.39, 0.29) is 6.04 Å².